The molecule has 0 aliphatic heterocycles. The normalized spacial score (nSPS) is 13.8. The first kappa shape index (κ1) is 19.9. The van der Waals surface area contributed by atoms with Crippen LogP contribution < -0.4 is 10.6 Å². The van der Waals surface area contributed by atoms with E-state index in [4.69, 9.17) is 16.3 Å². The number of esters is 1. The van der Waals surface area contributed by atoms with Crippen molar-refractivity contribution in [2.75, 3.05) is 11.9 Å². The summed E-state index contributed by atoms with van der Waals surface area (Å²) < 4.78 is 5.12. The third-order valence-electron chi connectivity index (χ3n) is 4.56. The van der Waals surface area contributed by atoms with Gasteiger partial charge in [0.1, 0.15) is 0 Å². The lowest BCUT2D eigenvalue weighted by atomic mass is 10.1. The Kier molecular flexibility index (Phi) is 6.66. The van der Waals surface area contributed by atoms with E-state index < -0.39 is 5.97 Å². The molecular formula is C21H21ClN2O4. The predicted octanol–water partition coefficient (Wildman–Crippen LogP) is 3.81. The Bertz CT molecular complexity index is 861. The molecule has 0 radical (unpaired) electrons. The van der Waals surface area contributed by atoms with Gasteiger partial charge in [-0.2, -0.15) is 0 Å². The van der Waals surface area contributed by atoms with Gasteiger partial charge in [-0.25, -0.2) is 4.79 Å². The van der Waals surface area contributed by atoms with E-state index in [2.05, 4.69) is 10.6 Å². The Morgan fingerprint density at radius 1 is 1.00 bits per heavy atom. The highest BCUT2D eigenvalue weighted by atomic mass is 35.5. The van der Waals surface area contributed by atoms with Crippen molar-refractivity contribution in [1.82, 2.24) is 5.32 Å². The quantitative estimate of drug-likeness (QED) is 0.722. The van der Waals surface area contributed by atoms with Crippen molar-refractivity contribution in [3.63, 3.8) is 0 Å². The van der Waals surface area contributed by atoms with Crippen molar-refractivity contribution in [2.24, 2.45) is 0 Å². The zero-order valence-electron chi connectivity index (χ0n) is 15.2. The third kappa shape index (κ3) is 5.33. The molecule has 0 unspecified atom stereocenters. The Labute approximate surface area is 168 Å². The average Bonchev–Trinajstić information content (AvgIpc) is 3.20. The molecule has 0 saturated heterocycles. The number of para-hydroxylation sites is 1. The van der Waals surface area contributed by atoms with Gasteiger partial charge in [0.15, 0.2) is 6.61 Å². The van der Waals surface area contributed by atoms with Gasteiger partial charge in [-0.1, -0.05) is 36.6 Å². The second-order valence-corrected chi connectivity index (χ2v) is 7.07. The average molecular weight is 401 g/mol. The van der Waals surface area contributed by atoms with E-state index in [1.165, 1.54) is 6.07 Å². The SMILES string of the molecule is O=C(COC(=O)c1ccccc1NC(=O)c1ccc(Cl)cc1)NC1CCCC1. The first-order valence-corrected chi connectivity index (χ1v) is 9.53. The number of hydrogen-bond acceptors (Lipinski definition) is 4. The largest absolute Gasteiger partial charge is 0.452 e. The minimum absolute atomic E-state index is 0.164. The number of carbonyl (C=O) groups is 3. The number of nitrogens with one attached hydrogen (secondary N) is 2. The predicted molar refractivity (Wildman–Crippen MR) is 107 cm³/mol. The Hall–Kier alpha value is -2.86. The molecule has 146 valence electrons. The van der Waals surface area contributed by atoms with E-state index in [-0.39, 0.29) is 30.0 Å². The fourth-order valence-corrected chi connectivity index (χ4v) is 3.24. The minimum Gasteiger partial charge on any atom is -0.452 e. The minimum atomic E-state index is -0.673. The summed E-state index contributed by atoms with van der Waals surface area (Å²) in [5, 5.41) is 6.08. The van der Waals surface area contributed by atoms with Gasteiger partial charge in [-0.3, -0.25) is 9.59 Å². The molecule has 0 aromatic heterocycles. The first-order valence-electron chi connectivity index (χ1n) is 9.15. The number of halogens is 1. The van der Waals surface area contributed by atoms with Crippen LogP contribution in [0.15, 0.2) is 48.5 Å². The number of benzene rings is 2. The van der Waals surface area contributed by atoms with Crippen molar-refractivity contribution in [3.05, 3.63) is 64.7 Å². The molecule has 0 heterocycles. The Morgan fingerprint density at radius 2 is 1.68 bits per heavy atom. The standard InChI is InChI=1S/C21H21ClN2O4/c22-15-11-9-14(10-12-15)20(26)24-18-8-4-3-7-17(18)21(27)28-13-19(25)23-16-5-1-2-6-16/h3-4,7-12,16H,1-2,5-6,13H2,(H,23,25)(H,24,26). The molecule has 0 bridgehead atoms. The number of carbonyl (C=O) groups excluding carboxylic acids is 3. The maximum absolute atomic E-state index is 12.4. The van der Waals surface area contributed by atoms with E-state index >= 15 is 0 Å². The van der Waals surface area contributed by atoms with Gasteiger partial charge in [0, 0.05) is 16.6 Å². The topological polar surface area (TPSA) is 84.5 Å². The van der Waals surface area contributed by atoms with Crippen molar-refractivity contribution >= 4 is 35.1 Å². The van der Waals surface area contributed by atoms with Crippen LogP contribution in [-0.4, -0.2) is 30.4 Å². The van der Waals surface area contributed by atoms with Crippen molar-refractivity contribution < 1.29 is 19.1 Å². The van der Waals surface area contributed by atoms with E-state index in [1.807, 2.05) is 0 Å². The molecule has 6 nitrogen and oxygen atoms in total. The Morgan fingerprint density at radius 3 is 2.39 bits per heavy atom. The lowest BCUT2D eigenvalue weighted by molar-refractivity contribution is -0.124. The molecule has 0 atom stereocenters. The number of hydrogen-bond donors (Lipinski definition) is 2. The maximum atomic E-state index is 12.4. The summed E-state index contributed by atoms with van der Waals surface area (Å²) in [5.74, 6) is -1.37. The van der Waals surface area contributed by atoms with Crippen LogP contribution in [0.1, 0.15) is 46.4 Å². The van der Waals surface area contributed by atoms with Crippen LogP contribution in [0.4, 0.5) is 5.69 Å². The number of rotatable bonds is 6. The summed E-state index contributed by atoms with van der Waals surface area (Å²) in [4.78, 5) is 36.7. The third-order valence-corrected chi connectivity index (χ3v) is 4.81. The van der Waals surface area contributed by atoms with Crippen molar-refractivity contribution in [2.45, 2.75) is 31.7 Å². The zero-order valence-corrected chi connectivity index (χ0v) is 16.0. The van der Waals surface area contributed by atoms with Crippen LogP contribution in [0.2, 0.25) is 5.02 Å². The van der Waals surface area contributed by atoms with Crippen molar-refractivity contribution in [1.29, 1.82) is 0 Å². The van der Waals surface area contributed by atoms with Gasteiger partial charge in [0.25, 0.3) is 11.8 Å². The first-order chi connectivity index (χ1) is 13.5. The molecule has 2 aromatic carbocycles. The second-order valence-electron chi connectivity index (χ2n) is 6.63. The summed E-state index contributed by atoms with van der Waals surface area (Å²) in [5.41, 5.74) is 0.894. The highest BCUT2D eigenvalue weighted by Gasteiger charge is 2.19. The molecule has 28 heavy (non-hydrogen) atoms. The molecular weight excluding hydrogens is 380 g/mol. The van der Waals surface area contributed by atoms with Crippen LogP contribution in [0, 0.1) is 0 Å². The smallest absolute Gasteiger partial charge is 0.340 e. The van der Waals surface area contributed by atoms with Gasteiger partial charge in [-0.05, 0) is 49.2 Å². The van der Waals surface area contributed by atoms with Gasteiger partial charge < -0.3 is 15.4 Å². The molecule has 0 spiro atoms. The summed E-state index contributed by atoms with van der Waals surface area (Å²) >= 11 is 5.83. The monoisotopic (exact) mass is 400 g/mol. The van der Waals surface area contributed by atoms with Gasteiger partial charge >= 0.3 is 5.97 Å². The Balaban J connectivity index is 1.60. The fraction of sp³-hybridized carbons (Fsp3) is 0.286. The molecule has 7 heteroatoms. The zero-order chi connectivity index (χ0) is 19.9. The molecule has 1 fully saturated rings. The van der Waals surface area contributed by atoms with Crippen LogP contribution in [0.3, 0.4) is 0 Å². The number of anilines is 1. The summed E-state index contributed by atoms with van der Waals surface area (Å²) in [6.45, 7) is -0.352. The second kappa shape index (κ2) is 9.37. The van der Waals surface area contributed by atoms with E-state index in [9.17, 15) is 14.4 Å². The molecule has 2 aromatic rings. The van der Waals surface area contributed by atoms with Crippen LogP contribution >= 0.6 is 11.6 Å². The fourth-order valence-electron chi connectivity index (χ4n) is 3.11. The number of amides is 2. The van der Waals surface area contributed by atoms with E-state index in [0.29, 0.717) is 16.3 Å². The molecule has 1 saturated carbocycles. The van der Waals surface area contributed by atoms with Gasteiger partial charge in [0.05, 0.1) is 11.3 Å². The molecule has 1 aliphatic carbocycles. The summed E-state index contributed by atoms with van der Waals surface area (Å²) in [6.07, 6.45) is 4.12. The highest BCUT2D eigenvalue weighted by molar-refractivity contribution is 6.30. The molecule has 2 amide bonds. The highest BCUT2D eigenvalue weighted by Crippen LogP contribution is 2.19. The molecule has 1 aliphatic rings. The van der Waals surface area contributed by atoms with Gasteiger partial charge in [-0.15, -0.1) is 0 Å². The van der Waals surface area contributed by atoms with Gasteiger partial charge in [0.2, 0.25) is 0 Å². The van der Waals surface area contributed by atoms with Crippen LogP contribution in [0.5, 0.6) is 0 Å². The van der Waals surface area contributed by atoms with E-state index in [1.54, 1.807) is 42.5 Å². The maximum Gasteiger partial charge on any atom is 0.340 e. The summed E-state index contributed by atoms with van der Waals surface area (Å²) in [7, 11) is 0. The lowest BCUT2D eigenvalue weighted by Crippen LogP contribution is -2.36. The molecule has 2 N–H and O–H groups in total. The van der Waals surface area contributed by atoms with Crippen molar-refractivity contribution in [3.8, 4) is 0 Å². The van der Waals surface area contributed by atoms with Crippen LogP contribution in [0.25, 0.3) is 0 Å². The molecule has 3 rings (SSSR count). The lowest BCUT2D eigenvalue weighted by Gasteiger charge is -2.13. The van der Waals surface area contributed by atoms with E-state index in [0.717, 1.165) is 25.7 Å². The van der Waals surface area contributed by atoms with Crippen LogP contribution in [-0.2, 0) is 9.53 Å². The summed E-state index contributed by atoms with van der Waals surface area (Å²) in [6, 6.07) is 13.1. The number of ether oxygens (including phenoxy) is 1.